The molecule has 1 nitrogen and oxygen atoms in total. The highest BCUT2D eigenvalue weighted by atomic mass is 16.2. The Morgan fingerprint density at radius 2 is 1.10 bits per heavy atom. The van der Waals surface area contributed by atoms with Crippen LogP contribution < -0.4 is 10.9 Å². The quantitative estimate of drug-likeness (QED) is 0.727. The molecule has 0 aliphatic rings. The molecule has 0 atom stereocenters. The van der Waals surface area contributed by atoms with E-state index in [1.54, 1.807) is 0 Å². The molecule has 0 spiro atoms. The van der Waals surface area contributed by atoms with Gasteiger partial charge in [-0.25, -0.2) is 0 Å². The van der Waals surface area contributed by atoms with Crippen molar-refractivity contribution in [2.75, 3.05) is 0 Å². The first-order valence-corrected chi connectivity index (χ1v) is 7.14. The molecule has 3 aromatic carbocycles. The summed E-state index contributed by atoms with van der Waals surface area (Å²) < 4.78 is 0. The van der Waals surface area contributed by atoms with Crippen molar-refractivity contribution in [3.05, 3.63) is 84.4 Å². The van der Waals surface area contributed by atoms with Crippen molar-refractivity contribution in [3.63, 3.8) is 0 Å². The van der Waals surface area contributed by atoms with Gasteiger partial charge in [-0.05, 0) is 29.0 Å². The van der Waals surface area contributed by atoms with Crippen LogP contribution >= 0.6 is 0 Å². The molecule has 3 aromatic rings. The molecule has 0 radical (unpaired) electrons. The summed E-state index contributed by atoms with van der Waals surface area (Å²) >= 11 is 0. The van der Waals surface area contributed by atoms with Crippen LogP contribution in [0, 0.1) is 6.92 Å². The Morgan fingerprint density at radius 1 is 0.619 bits per heavy atom. The van der Waals surface area contributed by atoms with E-state index < -0.39 is 6.92 Å². The second-order valence-electron chi connectivity index (χ2n) is 5.30. The lowest BCUT2D eigenvalue weighted by Gasteiger charge is -2.09. The summed E-state index contributed by atoms with van der Waals surface area (Å²) in [7, 11) is 0. The van der Waals surface area contributed by atoms with E-state index in [1.165, 1.54) is 11.1 Å². The summed E-state index contributed by atoms with van der Waals surface area (Å²) in [5.41, 5.74) is 5.39. The second-order valence-corrected chi connectivity index (χ2v) is 5.30. The first kappa shape index (κ1) is 13.7. The minimum Gasteiger partial charge on any atom is -0.443 e. The summed E-state index contributed by atoms with van der Waals surface area (Å²) in [6.07, 6.45) is 0. The van der Waals surface area contributed by atoms with Crippen LogP contribution in [-0.2, 0) is 0 Å². The van der Waals surface area contributed by atoms with E-state index in [4.69, 9.17) is 0 Å². The van der Waals surface area contributed by atoms with Crippen molar-refractivity contribution in [1.29, 1.82) is 0 Å². The fraction of sp³-hybridized carbons (Fsp3) is 0.0526. The summed E-state index contributed by atoms with van der Waals surface area (Å²) in [6.45, 7) is 1.47. The molecule has 21 heavy (non-hydrogen) atoms. The highest BCUT2D eigenvalue weighted by molar-refractivity contribution is 6.78. The van der Waals surface area contributed by atoms with E-state index in [2.05, 4.69) is 24.3 Å². The van der Waals surface area contributed by atoms with Crippen molar-refractivity contribution in [2.24, 2.45) is 0 Å². The van der Waals surface area contributed by atoms with Gasteiger partial charge in [-0.1, -0.05) is 84.4 Å². The first-order valence-electron chi connectivity index (χ1n) is 7.14. The Labute approximate surface area is 126 Å². The summed E-state index contributed by atoms with van der Waals surface area (Å²) in [4.78, 5) is 0. The van der Waals surface area contributed by atoms with Crippen LogP contribution in [0.15, 0.2) is 78.9 Å². The zero-order valence-electron chi connectivity index (χ0n) is 12.0. The van der Waals surface area contributed by atoms with Gasteiger partial charge in [0.15, 0.2) is 0 Å². The van der Waals surface area contributed by atoms with Crippen LogP contribution in [0.1, 0.15) is 5.56 Å². The van der Waals surface area contributed by atoms with Crippen LogP contribution in [0.2, 0.25) is 0 Å². The molecule has 0 fully saturated rings. The number of hydrogen-bond acceptors (Lipinski definition) is 1. The van der Waals surface area contributed by atoms with Gasteiger partial charge in [0.25, 0.3) is 0 Å². The molecule has 3 rings (SSSR count). The van der Waals surface area contributed by atoms with Crippen molar-refractivity contribution < 1.29 is 5.02 Å². The maximum Gasteiger partial charge on any atom is 0.358 e. The zero-order valence-corrected chi connectivity index (χ0v) is 12.0. The maximum absolute atomic E-state index is 10.4. The maximum atomic E-state index is 10.4. The van der Waals surface area contributed by atoms with E-state index in [9.17, 15) is 5.02 Å². The highest BCUT2D eigenvalue weighted by Crippen LogP contribution is 2.17. The molecule has 102 valence electrons. The zero-order chi connectivity index (χ0) is 14.7. The van der Waals surface area contributed by atoms with Gasteiger partial charge in [-0.15, -0.1) is 0 Å². The number of rotatable bonds is 3. The molecule has 0 bridgehead atoms. The fourth-order valence-corrected chi connectivity index (χ4v) is 2.43. The average Bonchev–Trinajstić information content (AvgIpc) is 2.56. The average molecular weight is 272 g/mol. The molecule has 0 heterocycles. The first-order chi connectivity index (χ1) is 10.2. The van der Waals surface area contributed by atoms with E-state index in [-0.39, 0.29) is 0 Å². The minimum absolute atomic E-state index is 0.574. The Kier molecular flexibility index (Phi) is 3.89. The summed E-state index contributed by atoms with van der Waals surface area (Å²) in [6, 6.07) is 26.4. The molecule has 0 saturated carbocycles. The van der Waals surface area contributed by atoms with Crippen LogP contribution in [-0.4, -0.2) is 11.9 Å². The highest BCUT2D eigenvalue weighted by Gasteiger charge is 2.16. The molecule has 0 aromatic heterocycles. The second kappa shape index (κ2) is 5.98. The molecule has 0 amide bonds. The third-order valence-electron chi connectivity index (χ3n) is 3.73. The van der Waals surface area contributed by atoms with Crippen molar-refractivity contribution in [3.8, 4) is 11.1 Å². The standard InChI is InChI=1S/C19H17BO/c1-15-7-11-18(12-8-15)20(21)19-13-9-17(10-14-19)16-5-3-2-4-6-16/h2-14,21H,1H3. The topological polar surface area (TPSA) is 20.2 Å². The van der Waals surface area contributed by atoms with Crippen molar-refractivity contribution in [1.82, 2.24) is 0 Å². The van der Waals surface area contributed by atoms with E-state index >= 15 is 0 Å². The van der Waals surface area contributed by atoms with E-state index in [1.807, 2.05) is 61.5 Å². The number of hydrogen-bond donors (Lipinski definition) is 1. The van der Waals surface area contributed by atoms with Crippen molar-refractivity contribution >= 4 is 17.8 Å². The van der Waals surface area contributed by atoms with Crippen LogP contribution in [0.4, 0.5) is 0 Å². The van der Waals surface area contributed by atoms with E-state index in [0.717, 1.165) is 16.5 Å². The Balaban J connectivity index is 1.85. The molecular weight excluding hydrogens is 255 g/mol. The lowest BCUT2D eigenvalue weighted by Crippen LogP contribution is -2.42. The normalized spacial score (nSPS) is 10.4. The lowest BCUT2D eigenvalue weighted by atomic mass is 9.56. The lowest BCUT2D eigenvalue weighted by molar-refractivity contribution is 0.600. The van der Waals surface area contributed by atoms with Gasteiger partial charge in [-0.3, -0.25) is 0 Å². The van der Waals surface area contributed by atoms with Crippen LogP contribution in [0.5, 0.6) is 0 Å². The van der Waals surface area contributed by atoms with Crippen molar-refractivity contribution in [2.45, 2.75) is 6.92 Å². The smallest absolute Gasteiger partial charge is 0.358 e. The third-order valence-corrected chi connectivity index (χ3v) is 3.73. The van der Waals surface area contributed by atoms with Gasteiger partial charge in [0.1, 0.15) is 0 Å². The Bertz CT molecular complexity index is 703. The Morgan fingerprint density at radius 3 is 1.67 bits per heavy atom. The largest absolute Gasteiger partial charge is 0.443 e. The number of benzene rings is 3. The molecule has 2 heteroatoms. The molecule has 0 aliphatic heterocycles. The molecule has 1 N–H and O–H groups in total. The van der Waals surface area contributed by atoms with Crippen LogP contribution in [0.25, 0.3) is 11.1 Å². The summed E-state index contributed by atoms with van der Waals surface area (Å²) in [5.74, 6) is 0. The molecule has 0 unspecified atom stereocenters. The monoisotopic (exact) mass is 272 g/mol. The predicted octanol–water partition coefficient (Wildman–Crippen LogP) is 2.76. The van der Waals surface area contributed by atoms with Crippen LogP contribution in [0.3, 0.4) is 0 Å². The van der Waals surface area contributed by atoms with Gasteiger partial charge < -0.3 is 5.02 Å². The minimum atomic E-state index is -0.574. The SMILES string of the molecule is Cc1ccc(B(O)c2ccc(-c3ccccc3)cc2)cc1. The molecule has 0 saturated heterocycles. The summed E-state index contributed by atoms with van der Waals surface area (Å²) in [5, 5.41) is 10.4. The van der Waals surface area contributed by atoms with Gasteiger partial charge in [0.05, 0.1) is 0 Å². The van der Waals surface area contributed by atoms with Gasteiger partial charge in [0, 0.05) is 0 Å². The van der Waals surface area contributed by atoms with Gasteiger partial charge >= 0.3 is 6.92 Å². The number of aryl methyl sites for hydroxylation is 1. The third kappa shape index (κ3) is 3.06. The predicted molar refractivity (Wildman–Crippen MR) is 90.3 cm³/mol. The van der Waals surface area contributed by atoms with Gasteiger partial charge in [0.2, 0.25) is 0 Å². The van der Waals surface area contributed by atoms with Gasteiger partial charge in [-0.2, -0.15) is 0 Å². The fourth-order valence-electron chi connectivity index (χ4n) is 2.43. The Hall–Kier alpha value is -2.32. The van der Waals surface area contributed by atoms with E-state index in [0.29, 0.717) is 0 Å². The molecular formula is C19H17BO. The molecule has 0 aliphatic carbocycles.